The van der Waals surface area contributed by atoms with E-state index in [-0.39, 0.29) is 0 Å². The lowest BCUT2D eigenvalue weighted by atomic mass is 10.1. The molecule has 3 heterocycles. The molecule has 4 rings (SSSR count). The van der Waals surface area contributed by atoms with Gasteiger partial charge in [-0.25, -0.2) is 4.98 Å². The van der Waals surface area contributed by atoms with Crippen molar-refractivity contribution in [3.8, 4) is 11.3 Å². The van der Waals surface area contributed by atoms with Gasteiger partial charge in [-0.05, 0) is 38.0 Å². The molecule has 0 saturated heterocycles. The average Bonchev–Trinajstić information content (AvgIpc) is 3.07. The van der Waals surface area contributed by atoms with Crippen molar-refractivity contribution in [3.05, 3.63) is 40.5 Å². The topological polar surface area (TPSA) is 29.3 Å². The van der Waals surface area contributed by atoms with Crippen LogP contribution in [0.4, 0.5) is 5.69 Å². The summed E-state index contributed by atoms with van der Waals surface area (Å²) >= 11 is 1.76. The molecular formula is C15H15N3S. The van der Waals surface area contributed by atoms with Crippen molar-refractivity contribution in [2.45, 2.75) is 20.3 Å². The van der Waals surface area contributed by atoms with Crippen molar-refractivity contribution in [1.82, 2.24) is 9.38 Å². The number of fused-ring (bicyclic) bond motifs is 2. The molecule has 3 aromatic rings. The van der Waals surface area contributed by atoms with Gasteiger partial charge in [-0.2, -0.15) is 0 Å². The molecule has 0 saturated carbocycles. The molecule has 0 amide bonds. The molecule has 19 heavy (non-hydrogen) atoms. The van der Waals surface area contributed by atoms with Crippen LogP contribution in [0, 0.1) is 13.8 Å². The summed E-state index contributed by atoms with van der Waals surface area (Å²) in [6.45, 7) is 5.35. The minimum atomic E-state index is 1.05. The fourth-order valence-corrected chi connectivity index (χ4v) is 3.61. The number of imidazole rings is 1. The van der Waals surface area contributed by atoms with E-state index >= 15 is 0 Å². The van der Waals surface area contributed by atoms with Crippen molar-refractivity contribution in [2.75, 3.05) is 11.9 Å². The van der Waals surface area contributed by atoms with Gasteiger partial charge in [-0.1, -0.05) is 6.07 Å². The number of hydrogen-bond acceptors (Lipinski definition) is 3. The van der Waals surface area contributed by atoms with Crippen LogP contribution < -0.4 is 5.32 Å². The average molecular weight is 269 g/mol. The van der Waals surface area contributed by atoms with Gasteiger partial charge >= 0.3 is 0 Å². The van der Waals surface area contributed by atoms with Crippen molar-refractivity contribution in [2.24, 2.45) is 0 Å². The lowest BCUT2D eigenvalue weighted by Gasteiger charge is -2.02. The number of rotatable bonds is 1. The molecule has 0 spiro atoms. The van der Waals surface area contributed by atoms with E-state index in [2.05, 4.69) is 48.0 Å². The smallest absolute Gasteiger partial charge is 0.194 e. The maximum atomic E-state index is 4.75. The number of thiazole rings is 1. The highest BCUT2D eigenvalue weighted by atomic mass is 32.1. The van der Waals surface area contributed by atoms with Crippen LogP contribution in [0.3, 0.4) is 0 Å². The molecule has 0 bridgehead atoms. The highest BCUT2D eigenvalue weighted by Crippen LogP contribution is 2.30. The first-order chi connectivity index (χ1) is 9.22. The zero-order valence-corrected chi connectivity index (χ0v) is 11.8. The quantitative estimate of drug-likeness (QED) is 0.730. The van der Waals surface area contributed by atoms with Crippen LogP contribution >= 0.6 is 11.3 Å². The van der Waals surface area contributed by atoms with Gasteiger partial charge in [0.2, 0.25) is 0 Å². The summed E-state index contributed by atoms with van der Waals surface area (Å²) in [5.41, 5.74) is 6.26. The van der Waals surface area contributed by atoms with Crippen LogP contribution in [0.2, 0.25) is 0 Å². The minimum Gasteiger partial charge on any atom is -0.384 e. The second-order valence-electron chi connectivity index (χ2n) is 5.07. The van der Waals surface area contributed by atoms with Crippen molar-refractivity contribution >= 4 is 22.0 Å². The van der Waals surface area contributed by atoms with E-state index in [1.807, 2.05) is 0 Å². The van der Waals surface area contributed by atoms with Gasteiger partial charge in [0.05, 0.1) is 5.69 Å². The molecule has 0 aliphatic carbocycles. The van der Waals surface area contributed by atoms with Gasteiger partial charge in [0.1, 0.15) is 0 Å². The summed E-state index contributed by atoms with van der Waals surface area (Å²) in [5.74, 6) is 0. The lowest BCUT2D eigenvalue weighted by Crippen LogP contribution is -1.90. The molecule has 1 aromatic carbocycles. The summed E-state index contributed by atoms with van der Waals surface area (Å²) in [6.07, 6.45) is 3.27. The van der Waals surface area contributed by atoms with Crippen LogP contribution in [0.25, 0.3) is 16.2 Å². The predicted molar refractivity (Wildman–Crippen MR) is 80.2 cm³/mol. The van der Waals surface area contributed by atoms with Gasteiger partial charge in [0.25, 0.3) is 0 Å². The Morgan fingerprint density at radius 1 is 1.32 bits per heavy atom. The largest absolute Gasteiger partial charge is 0.384 e. The van der Waals surface area contributed by atoms with Crippen LogP contribution in [-0.4, -0.2) is 15.9 Å². The van der Waals surface area contributed by atoms with Gasteiger partial charge < -0.3 is 5.32 Å². The Bertz CT molecular complexity index is 782. The standard InChI is InChI=1S/C15H15N3S/c1-9-10(2)19-15-17-14(8-18(9)15)11-3-4-13-12(7-11)5-6-16-13/h3-4,7-8,16H,5-6H2,1-2H3. The first kappa shape index (κ1) is 11.1. The zero-order valence-electron chi connectivity index (χ0n) is 11.0. The van der Waals surface area contributed by atoms with E-state index in [9.17, 15) is 0 Å². The third-order valence-electron chi connectivity index (χ3n) is 3.90. The van der Waals surface area contributed by atoms with Crippen LogP contribution in [0.1, 0.15) is 16.1 Å². The number of aromatic nitrogens is 2. The molecule has 4 heteroatoms. The first-order valence-corrected chi connectivity index (χ1v) is 7.36. The maximum absolute atomic E-state index is 4.75. The molecule has 0 radical (unpaired) electrons. The Balaban J connectivity index is 1.85. The molecule has 2 aromatic heterocycles. The molecule has 1 aliphatic rings. The number of anilines is 1. The Morgan fingerprint density at radius 2 is 2.21 bits per heavy atom. The molecular weight excluding hydrogens is 254 g/mol. The number of nitrogens with one attached hydrogen (secondary N) is 1. The Morgan fingerprint density at radius 3 is 3.05 bits per heavy atom. The van der Waals surface area contributed by atoms with E-state index in [1.54, 1.807) is 11.3 Å². The van der Waals surface area contributed by atoms with Crippen LogP contribution in [-0.2, 0) is 6.42 Å². The number of nitrogens with zero attached hydrogens (tertiary/aromatic N) is 2. The lowest BCUT2D eigenvalue weighted by molar-refractivity contribution is 1.11. The normalized spacial score (nSPS) is 13.8. The predicted octanol–water partition coefficient (Wildman–Crippen LogP) is 3.65. The van der Waals surface area contributed by atoms with Crippen molar-refractivity contribution < 1.29 is 0 Å². The molecule has 96 valence electrons. The monoisotopic (exact) mass is 269 g/mol. The second-order valence-corrected chi connectivity index (χ2v) is 6.25. The van der Waals surface area contributed by atoms with Gasteiger partial charge in [0.15, 0.2) is 4.96 Å². The van der Waals surface area contributed by atoms with Gasteiger partial charge in [-0.15, -0.1) is 11.3 Å². The van der Waals surface area contributed by atoms with E-state index in [0.29, 0.717) is 0 Å². The summed E-state index contributed by atoms with van der Waals surface area (Å²) in [4.78, 5) is 7.18. The Kier molecular flexibility index (Phi) is 2.23. The number of benzene rings is 1. The SMILES string of the molecule is Cc1sc2nc(-c3ccc4c(c3)CCN4)cn2c1C. The van der Waals surface area contributed by atoms with Crippen molar-refractivity contribution in [1.29, 1.82) is 0 Å². The molecule has 0 fully saturated rings. The van der Waals surface area contributed by atoms with E-state index < -0.39 is 0 Å². The highest BCUT2D eigenvalue weighted by Gasteiger charge is 2.14. The van der Waals surface area contributed by atoms with Gasteiger partial charge in [-0.3, -0.25) is 4.40 Å². The molecule has 1 N–H and O–H groups in total. The number of aryl methyl sites for hydroxylation is 2. The summed E-state index contributed by atoms with van der Waals surface area (Å²) < 4.78 is 2.20. The van der Waals surface area contributed by atoms with Crippen LogP contribution in [0.15, 0.2) is 24.4 Å². The minimum absolute atomic E-state index is 1.05. The molecule has 1 aliphatic heterocycles. The molecule has 0 atom stereocenters. The third-order valence-corrected chi connectivity index (χ3v) is 4.97. The Labute approximate surface area is 115 Å². The summed E-state index contributed by atoms with van der Waals surface area (Å²) in [6, 6.07) is 6.60. The fourth-order valence-electron chi connectivity index (χ4n) is 2.66. The summed E-state index contributed by atoms with van der Waals surface area (Å²) in [5, 5.41) is 3.39. The highest BCUT2D eigenvalue weighted by molar-refractivity contribution is 7.17. The van der Waals surface area contributed by atoms with Crippen molar-refractivity contribution in [3.63, 3.8) is 0 Å². The third kappa shape index (κ3) is 1.60. The molecule has 3 nitrogen and oxygen atoms in total. The zero-order chi connectivity index (χ0) is 13.0. The summed E-state index contributed by atoms with van der Waals surface area (Å²) in [7, 11) is 0. The fraction of sp³-hybridized carbons (Fsp3) is 0.267. The van der Waals surface area contributed by atoms with E-state index in [4.69, 9.17) is 4.98 Å². The molecule has 0 unspecified atom stereocenters. The van der Waals surface area contributed by atoms with Crippen LogP contribution in [0.5, 0.6) is 0 Å². The Hall–Kier alpha value is -1.81. The van der Waals surface area contributed by atoms with E-state index in [0.717, 1.165) is 23.6 Å². The van der Waals surface area contributed by atoms with E-state index in [1.165, 1.54) is 27.4 Å². The second kappa shape index (κ2) is 3.84. The van der Waals surface area contributed by atoms with Gasteiger partial charge in [0, 0.05) is 34.6 Å². The maximum Gasteiger partial charge on any atom is 0.194 e. The number of hydrogen-bond donors (Lipinski definition) is 1. The first-order valence-electron chi connectivity index (χ1n) is 6.54.